The summed E-state index contributed by atoms with van der Waals surface area (Å²) >= 11 is 0. The predicted octanol–water partition coefficient (Wildman–Crippen LogP) is 3.23. The fourth-order valence-electron chi connectivity index (χ4n) is 4.81. The molecule has 5 rings (SSSR count). The van der Waals surface area contributed by atoms with Crippen molar-refractivity contribution in [3.63, 3.8) is 0 Å². The van der Waals surface area contributed by atoms with E-state index in [4.69, 9.17) is 4.74 Å². The second-order valence-electron chi connectivity index (χ2n) is 10.6. The first-order chi connectivity index (χ1) is 22.5. The number of piperazine rings is 1. The molecule has 244 valence electrons. The van der Waals surface area contributed by atoms with Gasteiger partial charge in [-0.1, -0.05) is 54.1 Å². The molecule has 0 spiro atoms. The maximum absolute atomic E-state index is 13.6. The molecule has 4 aromatic carbocycles. The molecule has 14 heteroatoms. The smallest absolute Gasteiger partial charge is 0.262 e. The van der Waals surface area contributed by atoms with Crippen LogP contribution in [0, 0.1) is 6.92 Å². The summed E-state index contributed by atoms with van der Waals surface area (Å²) < 4.78 is 61.5. The fraction of sp³-hybridized carbons (Fsp3) is 0.182. The molecule has 2 N–H and O–H groups in total. The first kappa shape index (κ1) is 33.5. The van der Waals surface area contributed by atoms with E-state index in [1.165, 1.54) is 30.5 Å². The first-order valence-electron chi connectivity index (χ1n) is 14.6. The van der Waals surface area contributed by atoms with Gasteiger partial charge in [0.1, 0.15) is 11.8 Å². The van der Waals surface area contributed by atoms with Crippen LogP contribution in [0.1, 0.15) is 11.1 Å². The van der Waals surface area contributed by atoms with Crippen molar-refractivity contribution in [1.82, 2.24) is 14.0 Å². The van der Waals surface area contributed by atoms with Crippen molar-refractivity contribution >= 4 is 43.8 Å². The maximum Gasteiger partial charge on any atom is 0.262 e. The molecule has 0 aliphatic carbocycles. The quantitative estimate of drug-likeness (QED) is 0.183. The van der Waals surface area contributed by atoms with Crippen molar-refractivity contribution in [3.8, 4) is 5.75 Å². The van der Waals surface area contributed by atoms with Crippen LogP contribution in [-0.2, 0) is 29.6 Å². The summed E-state index contributed by atoms with van der Waals surface area (Å²) in [5.74, 6) is -0.675. The van der Waals surface area contributed by atoms with Gasteiger partial charge in [-0.25, -0.2) is 22.3 Å². The molecule has 1 fully saturated rings. The molecular formula is C33H33N5O7S2. The number of carbonyl (C=O) groups is 2. The molecule has 0 bridgehead atoms. The van der Waals surface area contributed by atoms with Crippen LogP contribution in [0.25, 0.3) is 0 Å². The van der Waals surface area contributed by atoms with Gasteiger partial charge < -0.3 is 10.1 Å². The van der Waals surface area contributed by atoms with Gasteiger partial charge in [0.2, 0.25) is 20.0 Å². The van der Waals surface area contributed by atoms with Crippen LogP contribution in [0.4, 0.5) is 5.69 Å². The maximum atomic E-state index is 13.6. The summed E-state index contributed by atoms with van der Waals surface area (Å²) in [4.78, 5) is 25.7. The predicted molar refractivity (Wildman–Crippen MR) is 177 cm³/mol. The molecule has 0 radical (unpaired) electrons. The summed E-state index contributed by atoms with van der Waals surface area (Å²) in [5.41, 5.74) is 4.69. The number of anilines is 1. The molecule has 1 aliphatic rings. The number of amides is 2. The molecule has 1 aliphatic heterocycles. The molecule has 2 amide bonds. The zero-order chi connectivity index (χ0) is 33.4. The number of rotatable bonds is 11. The van der Waals surface area contributed by atoms with Crippen molar-refractivity contribution in [2.75, 3.05) is 31.6 Å². The Hall–Kier alpha value is -4.89. The highest BCUT2D eigenvalue weighted by Gasteiger charge is 2.43. The molecule has 1 atom stereocenters. The number of aryl methyl sites for hydroxylation is 1. The Balaban J connectivity index is 1.24. The van der Waals surface area contributed by atoms with E-state index < -0.39 is 38.5 Å². The average Bonchev–Trinajstić information content (AvgIpc) is 3.09. The molecule has 0 aromatic heterocycles. The van der Waals surface area contributed by atoms with E-state index in [2.05, 4.69) is 15.8 Å². The first-order valence-corrected chi connectivity index (χ1v) is 17.5. The highest BCUT2D eigenvalue weighted by molar-refractivity contribution is 7.89. The number of sulfonamides is 2. The number of hydrogen-bond donors (Lipinski definition) is 2. The van der Waals surface area contributed by atoms with Crippen LogP contribution in [0.5, 0.6) is 5.75 Å². The van der Waals surface area contributed by atoms with E-state index >= 15 is 0 Å². The number of carbonyl (C=O) groups excluding carboxylic acids is 2. The third kappa shape index (κ3) is 8.29. The van der Waals surface area contributed by atoms with Gasteiger partial charge >= 0.3 is 0 Å². The van der Waals surface area contributed by atoms with E-state index in [1.54, 1.807) is 72.8 Å². The largest absolute Gasteiger partial charge is 0.484 e. The van der Waals surface area contributed by atoms with Gasteiger partial charge in [-0.2, -0.15) is 13.7 Å². The number of nitrogens with zero attached hydrogens (tertiary/aromatic N) is 3. The van der Waals surface area contributed by atoms with Gasteiger partial charge in [0.05, 0.1) is 16.0 Å². The van der Waals surface area contributed by atoms with Crippen LogP contribution in [0.3, 0.4) is 0 Å². The van der Waals surface area contributed by atoms with Crippen molar-refractivity contribution in [1.29, 1.82) is 0 Å². The van der Waals surface area contributed by atoms with Crippen LogP contribution in [-0.4, -0.2) is 75.8 Å². The van der Waals surface area contributed by atoms with Crippen LogP contribution < -0.4 is 15.5 Å². The zero-order valence-electron chi connectivity index (χ0n) is 25.4. The zero-order valence-corrected chi connectivity index (χ0v) is 27.0. The molecule has 1 unspecified atom stereocenters. The lowest BCUT2D eigenvalue weighted by atomic mass is 10.2. The fourth-order valence-corrected chi connectivity index (χ4v) is 7.86. The molecular weight excluding hydrogens is 643 g/mol. The monoisotopic (exact) mass is 675 g/mol. The summed E-state index contributed by atoms with van der Waals surface area (Å²) in [7, 11) is -8.15. The summed E-state index contributed by atoms with van der Waals surface area (Å²) in [5, 5.41) is 6.74. The minimum atomic E-state index is -4.15. The summed E-state index contributed by atoms with van der Waals surface area (Å²) in [6.07, 6.45) is 1.35. The number of hydrogen-bond acceptors (Lipinski definition) is 8. The van der Waals surface area contributed by atoms with Crippen LogP contribution in [0.15, 0.2) is 124 Å². The highest BCUT2D eigenvalue weighted by Crippen LogP contribution is 2.25. The SMILES string of the molecule is Cc1ccc(NC(=O)COc2ccc(/C=N/NC(=O)C3CN(S(=O)(=O)c4ccccc4)CCN3S(=O)(=O)c3ccccc3)cc2)cc1. The van der Waals surface area contributed by atoms with Gasteiger partial charge in [-0.15, -0.1) is 0 Å². The third-order valence-corrected chi connectivity index (χ3v) is 11.1. The van der Waals surface area contributed by atoms with Gasteiger partial charge in [0, 0.05) is 25.3 Å². The standard InChI is InChI=1S/C33H33N5O7S2/c1-25-12-16-27(17-13-25)35-32(39)24-45-28-18-14-26(15-19-28)22-34-36-33(40)31-23-37(46(41,42)29-8-4-2-5-9-29)20-21-38(31)47(43,44)30-10-6-3-7-11-30/h2-19,22,31H,20-21,23-24H2,1H3,(H,35,39)(H,36,40)/b34-22+. The van der Waals surface area contributed by atoms with Crippen LogP contribution >= 0.6 is 0 Å². The van der Waals surface area contributed by atoms with Crippen molar-refractivity contribution < 1.29 is 31.2 Å². The van der Waals surface area contributed by atoms with E-state index in [0.29, 0.717) is 17.0 Å². The Bertz CT molecular complexity index is 1940. The minimum Gasteiger partial charge on any atom is -0.484 e. The minimum absolute atomic E-state index is 0.0180. The van der Waals surface area contributed by atoms with Gasteiger partial charge in [0.25, 0.3) is 11.8 Å². The molecule has 1 heterocycles. The van der Waals surface area contributed by atoms with Gasteiger partial charge in [0.15, 0.2) is 6.61 Å². The highest BCUT2D eigenvalue weighted by atomic mass is 32.2. The lowest BCUT2D eigenvalue weighted by Gasteiger charge is -2.38. The Morgan fingerprint density at radius 2 is 1.40 bits per heavy atom. The molecule has 4 aromatic rings. The third-order valence-electron chi connectivity index (χ3n) is 7.30. The lowest BCUT2D eigenvalue weighted by molar-refractivity contribution is -0.125. The van der Waals surface area contributed by atoms with Gasteiger partial charge in [-0.3, -0.25) is 9.59 Å². The van der Waals surface area contributed by atoms with Crippen molar-refractivity contribution in [3.05, 3.63) is 120 Å². The van der Waals surface area contributed by atoms with E-state index in [1.807, 2.05) is 19.1 Å². The second kappa shape index (κ2) is 14.7. The van der Waals surface area contributed by atoms with Crippen LogP contribution in [0.2, 0.25) is 0 Å². The number of benzene rings is 4. The summed E-state index contributed by atoms with van der Waals surface area (Å²) in [6, 6.07) is 27.9. The Labute approximate surface area is 273 Å². The van der Waals surface area contributed by atoms with Crippen molar-refractivity contribution in [2.24, 2.45) is 5.10 Å². The second-order valence-corrected chi connectivity index (χ2v) is 14.5. The molecule has 0 saturated carbocycles. The molecule has 12 nitrogen and oxygen atoms in total. The Morgan fingerprint density at radius 3 is 2.02 bits per heavy atom. The number of nitrogens with one attached hydrogen (secondary N) is 2. The Morgan fingerprint density at radius 1 is 0.809 bits per heavy atom. The Kier molecular flexibility index (Phi) is 10.5. The van der Waals surface area contributed by atoms with Crippen molar-refractivity contribution in [2.45, 2.75) is 22.8 Å². The molecule has 47 heavy (non-hydrogen) atoms. The molecule has 1 saturated heterocycles. The number of hydrazone groups is 1. The topological polar surface area (TPSA) is 155 Å². The number of ether oxygens (including phenoxy) is 1. The summed E-state index contributed by atoms with van der Waals surface area (Å²) in [6.45, 7) is 0.969. The van der Waals surface area contributed by atoms with E-state index in [9.17, 15) is 26.4 Å². The normalized spacial score (nSPS) is 16.1. The lowest BCUT2D eigenvalue weighted by Crippen LogP contribution is -2.60. The average molecular weight is 676 g/mol. The van der Waals surface area contributed by atoms with E-state index in [-0.39, 0.29) is 35.4 Å². The van der Waals surface area contributed by atoms with E-state index in [0.717, 1.165) is 14.2 Å². The van der Waals surface area contributed by atoms with Gasteiger partial charge in [-0.05, 0) is 73.2 Å².